The van der Waals surface area contributed by atoms with Crippen LogP contribution in [0.4, 0.5) is 0 Å². The van der Waals surface area contributed by atoms with Crippen LogP contribution in [0.3, 0.4) is 0 Å². The van der Waals surface area contributed by atoms with Gasteiger partial charge in [-0.05, 0) is 24.2 Å². The number of rotatable bonds is 4. The van der Waals surface area contributed by atoms with Crippen molar-refractivity contribution in [2.24, 2.45) is 17.1 Å². The molecule has 1 aliphatic rings. The number of hydrogen-bond donors (Lipinski definition) is 2. The minimum absolute atomic E-state index is 0.102. The first-order valence-electron chi connectivity index (χ1n) is 6.80. The van der Waals surface area contributed by atoms with Crippen LogP contribution in [-0.2, 0) is 4.79 Å². The maximum absolute atomic E-state index is 12.1. The van der Waals surface area contributed by atoms with Gasteiger partial charge in [0.1, 0.15) is 0 Å². The van der Waals surface area contributed by atoms with Gasteiger partial charge < -0.3 is 11.1 Å². The van der Waals surface area contributed by atoms with E-state index in [9.17, 15) is 4.79 Å². The highest BCUT2D eigenvalue weighted by Gasteiger charge is 2.34. The van der Waals surface area contributed by atoms with Crippen molar-refractivity contribution < 1.29 is 4.79 Å². The first-order valence-corrected chi connectivity index (χ1v) is 6.80. The zero-order valence-electron chi connectivity index (χ0n) is 11.8. The molecule has 0 radical (unpaired) electrons. The minimum atomic E-state index is -0.102. The molecule has 100 valence electrons. The zero-order chi connectivity index (χ0) is 13.1. The predicted octanol–water partition coefficient (Wildman–Crippen LogP) is 2.45. The van der Waals surface area contributed by atoms with Crippen molar-refractivity contribution in [1.29, 1.82) is 0 Å². The highest BCUT2D eigenvalue weighted by Crippen LogP contribution is 2.31. The lowest BCUT2D eigenvalue weighted by Crippen LogP contribution is -2.52. The normalized spacial score (nSPS) is 21.2. The summed E-state index contributed by atoms with van der Waals surface area (Å²) in [6, 6.07) is 0. The third-order valence-corrected chi connectivity index (χ3v) is 4.33. The van der Waals surface area contributed by atoms with E-state index in [1.54, 1.807) is 0 Å². The maximum Gasteiger partial charge on any atom is 0.220 e. The van der Waals surface area contributed by atoms with Gasteiger partial charge >= 0.3 is 0 Å². The first-order chi connectivity index (χ1) is 7.79. The number of amides is 1. The molecule has 1 aliphatic carbocycles. The van der Waals surface area contributed by atoms with E-state index in [0.717, 1.165) is 12.8 Å². The summed E-state index contributed by atoms with van der Waals surface area (Å²) in [6.45, 7) is 9.25. The second-order valence-electron chi connectivity index (χ2n) is 6.71. The summed E-state index contributed by atoms with van der Waals surface area (Å²) in [4.78, 5) is 12.1. The smallest absolute Gasteiger partial charge is 0.220 e. The van der Waals surface area contributed by atoms with Crippen molar-refractivity contribution in [2.45, 2.75) is 65.3 Å². The highest BCUT2D eigenvalue weighted by molar-refractivity contribution is 5.77. The van der Waals surface area contributed by atoms with Gasteiger partial charge in [-0.1, -0.05) is 40.5 Å². The van der Waals surface area contributed by atoms with Crippen LogP contribution in [0.5, 0.6) is 0 Å². The summed E-state index contributed by atoms with van der Waals surface area (Å²) in [5.74, 6) is 0.554. The van der Waals surface area contributed by atoms with Crippen molar-refractivity contribution in [3.63, 3.8) is 0 Å². The monoisotopic (exact) mass is 240 g/mol. The molecule has 1 atom stereocenters. The van der Waals surface area contributed by atoms with Gasteiger partial charge in [-0.15, -0.1) is 0 Å². The van der Waals surface area contributed by atoms with Gasteiger partial charge in [-0.2, -0.15) is 0 Å². The Morgan fingerprint density at radius 1 is 1.35 bits per heavy atom. The minimum Gasteiger partial charge on any atom is -0.349 e. The summed E-state index contributed by atoms with van der Waals surface area (Å²) in [6.07, 6.45) is 5.06. The molecule has 3 N–H and O–H groups in total. The van der Waals surface area contributed by atoms with E-state index in [-0.39, 0.29) is 16.9 Å². The summed E-state index contributed by atoms with van der Waals surface area (Å²) >= 11 is 0. The molecule has 0 heterocycles. The predicted molar refractivity (Wildman–Crippen MR) is 71.6 cm³/mol. The van der Waals surface area contributed by atoms with E-state index in [1.807, 2.05) is 0 Å². The lowest BCUT2D eigenvalue weighted by Gasteiger charge is -2.31. The van der Waals surface area contributed by atoms with Crippen LogP contribution < -0.4 is 11.1 Å². The third-order valence-electron chi connectivity index (χ3n) is 4.33. The summed E-state index contributed by atoms with van der Waals surface area (Å²) in [7, 11) is 0. The fourth-order valence-electron chi connectivity index (χ4n) is 2.36. The van der Waals surface area contributed by atoms with E-state index < -0.39 is 0 Å². The lowest BCUT2D eigenvalue weighted by atomic mass is 9.80. The largest absolute Gasteiger partial charge is 0.349 e. The maximum atomic E-state index is 12.1. The van der Waals surface area contributed by atoms with Gasteiger partial charge in [0.05, 0.1) is 5.54 Å². The fourth-order valence-corrected chi connectivity index (χ4v) is 2.36. The van der Waals surface area contributed by atoms with Crippen molar-refractivity contribution in [3.8, 4) is 0 Å². The standard InChI is InChI=1S/C14H28N2O/c1-11(13(2,3)4)9-12(17)16-14(10-15)7-5-6-8-14/h11H,5-10,15H2,1-4H3,(H,16,17). The van der Waals surface area contributed by atoms with Crippen LogP contribution in [0.15, 0.2) is 0 Å². The molecule has 1 saturated carbocycles. The van der Waals surface area contributed by atoms with Crippen LogP contribution in [0.2, 0.25) is 0 Å². The Bertz CT molecular complexity index is 262. The molecule has 0 aromatic heterocycles. The number of carbonyl (C=O) groups is 1. The molecule has 0 saturated heterocycles. The van der Waals surface area contributed by atoms with Gasteiger partial charge in [0, 0.05) is 13.0 Å². The first kappa shape index (κ1) is 14.5. The van der Waals surface area contributed by atoms with Gasteiger partial charge in [0.25, 0.3) is 0 Å². The van der Waals surface area contributed by atoms with Crippen molar-refractivity contribution in [1.82, 2.24) is 5.32 Å². The van der Waals surface area contributed by atoms with E-state index in [0.29, 0.717) is 18.9 Å². The van der Waals surface area contributed by atoms with Gasteiger partial charge in [0.2, 0.25) is 5.91 Å². The second kappa shape index (κ2) is 5.38. The molecule has 1 amide bonds. The average molecular weight is 240 g/mol. The van der Waals surface area contributed by atoms with E-state index in [4.69, 9.17) is 5.73 Å². The van der Waals surface area contributed by atoms with Gasteiger partial charge in [-0.3, -0.25) is 4.79 Å². The van der Waals surface area contributed by atoms with Crippen LogP contribution in [0, 0.1) is 11.3 Å². The Labute approximate surface area is 106 Å². The third kappa shape index (κ3) is 3.98. The Morgan fingerprint density at radius 3 is 2.29 bits per heavy atom. The molecule has 0 aromatic rings. The van der Waals surface area contributed by atoms with Crippen molar-refractivity contribution >= 4 is 5.91 Å². The molecule has 1 rings (SSSR count). The van der Waals surface area contributed by atoms with Crippen LogP contribution >= 0.6 is 0 Å². The molecule has 3 nitrogen and oxygen atoms in total. The SMILES string of the molecule is CC(CC(=O)NC1(CN)CCCC1)C(C)(C)C. The summed E-state index contributed by atoms with van der Waals surface area (Å²) in [5.41, 5.74) is 5.90. The summed E-state index contributed by atoms with van der Waals surface area (Å²) < 4.78 is 0. The molecule has 0 aromatic carbocycles. The molecule has 1 fully saturated rings. The Morgan fingerprint density at radius 2 is 1.88 bits per heavy atom. The molecular weight excluding hydrogens is 212 g/mol. The fraction of sp³-hybridized carbons (Fsp3) is 0.929. The second-order valence-corrected chi connectivity index (χ2v) is 6.71. The molecule has 3 heteroatoms. The Balaban J connectivity index is 2.49. The van der Waals surface area contributed by atoms with Crippen LogP contribution in [0.1, 0.15) is 59.8 Å². The van der Waals surface area contributed by atoms with Gasteiger partial charge in [-0.25, -0.2) is 0 Å². The number of carbonyl (C=O) groups excluding carboxylic acids is 1. The molecular formula is C14H28N2O. The topological polar surface area (TPSA) is 55.1 Å². The van der Waals surface area contributed by atoms with Crippen molar-refractivity contribution in [3.05, 3.63) is 0 Å². The molecule has 17 heavy (non-hydrogen) atoms. The number of nitrogens with two attached hydrogens (primary N) is 1. The van der Waals surface area contributed by atoms with E-state index >= 15 is 0 Å². The van der Waals surface area contributed by atoms with E-state index in [2.05, 4.69) is 33.0 Å². The Kier molecular flexibility index (Phi) is 4.59. The quantitative estimate of drug-likeness (QED) is 0.793. The summed E-state index contributed by atoms with van der Waals surface area (Å²) in [5, 5.41) is 3.18. The van der Waals surface area contributed by atoms with E-state index in [1.165, 1.54) is 12.8 Å². The zero-order valence-corrected chi connectivity index (χ0v) is 11.8. The number of nitrogens with one attached hydrogen (secondary N) is 1. The Hall–Kier alpha value is -0.570. The molecule has 0 bridgehead atoms. The highest BCUT2D eigenvalue weighted by atomic mass is 16.1. The van der Waals surface area contributed by atoms with Crippen molar-refractivity contribution in [2.75, 3.05) is 6.54 Å². The molecule has 0 aliphatic heterocycles. The lowest BCUT2D eigenvalue weighted by molar-refractivity contribution is -0.124. The van der Waals surface area contributed by atoms with Crippen LogP contribution in [0.25, 0.3) is 0 Å². The van der Waals surface area contributed by atoms with Crippen LogP contribution in [-0.4, -0.2) is 18.0 Å². The average Bonchev–Trinajstić information content (AvgIpc) is 2.65. The molecule has 1 unspecified atom stereocenters. The van der Waals surface area contributed by atoms with Gasteiger partial charge in [0.15, 0.2) is 0 Å². The molecule has 0 spiro atoms. The number of hydrogen-bond acceptors (Lipinski definition) is 2.